The Labute approximate surface area is 168 Å². The van der Waals surface area contributed by atoms with Crippen LogP contribution in [0, 0.1) is 6.92 Å². The van der Waals surface area contributed by atoms with Gasteiger partial charge in [0.2, 0.25) is 0 Å². The van der Waals surface area contributed by atoms with Gasteiger partial charge in [-0.15, -0.1) is 11.8 Å². The molecule has 2 heterocycles. The molecule has 0 spiro atoms. The van der Waals surface area contributed by atoms with Gasteiger partial charge in [0.15, 0.2) is 9.84 Å². The number of carbonyl (C=O) groups is 1. The molecular formula is C20H20N2O4S2. The van der Waals surface area contributed by atoms with Gasteiger partial charge in [0, 0.05) is 11.9 Å². The van der Waals surface area contributed by atoms with Gasteiger partial charge in [0.25, 0.3) is 5.91 Å². The van der Waals surface area contributed by atoms with Gasteiger partial charge in [-0.05, 0) is 43.3 Å². The maximum atomic E-state index is 12.5. The zero-order chi connectivity index (χ0) is 20.0. The molecule has 0 atom stereocenters. The minimum atomic E-state index is -3.37. The summed E-state index contributed by atoms with van der Waals surface area (Å²) >= 11 is 1.25. The second-order valence-corrected chi connectivity index (χ2v) is 9.22. The number of nitrogens with one attached hydrogen (secondary N) is 1. The van der Waals surface area contributed by atoms with Crippen LogP contribution in [0.4, 0.5) is 0 Å². The van der Waals surface area contributed by atoms with Crippen LogP contribution in [0.15, 0.2) is 75.1 Å². The van der Waals surface area contributed by atoms with Crippen molar-refractivity contribution in [2.24, 2.45) is 0 Å². The summed E-state index contributed by atoms with van der Waals surface area (Å²) in [6, 6.07) is 15.3. The molecule has 0 radical (unpaired) electrons. The van der Waals surface area contributed by atoms with E-state index < -0.39 is 9.84 Å². The summed E-state index contributed by atoms with van der Waals surface area (Å²) in [4.78, 5) is 17.0. The lowest BCUT2D eigenvalue weighted by Crippen LogP contribution is -2.23. The average Bonchev–Trinajstić information content (AvgIpc) is 3.12. The topological polar surface area (TPSA) is 89.3 Å². The number of hydrogen-bond acceptors (Lipinski definition) is 6. The number of pyridine rings is 1. The predicted octanol–water partition coefficient (Wildman–Crippen LogP) is 3.48. The molecule has 6 nitrogen and oxygen atoms in total. The summed E-state index contributed by atoms with van der Waals surface area (Å²) < 4.78 is 30.2. The molecule has 0 saturated heterocycles. The quantitative estimate of drug-likeness (QED) is 0.566. The van der Waals surface area contributed by atoms with E-state index in [0.29, 0.717) is 27.0 Å². The number of amides is 1. The van der Waals surface area contributed by atoms with E-state index in [1.165, 1.54) is 11.8 Å². The minimum Gasteiger partial charge on any atom is -0.465 e. The van der Waals surface area contributed by atoms with E-state index in [1.807, 2.05) is 19.1 Å². The van der Waals surface area contributed by atoms with Crippen LogP contribution in [0.1, 0.15) is 21.9 Å². The number of rotatable bonds is 8. The fourth-order valence-corrected chi connectivity index (χ4v) is 5.18. The van der Waals surface area contributed by atoms with Crippen molar-refractivity contribution in [2.75, 3.05) is 11.5 Å². The Morgan fingerprint density at radius 3 is 2.61 bits per heavy atom. The van der Waals surface area contributed by atoms with Crippen molar-refractivity contribution in [1.82, 2.24) is 10.3 Å². The summed E-state index contributed by atoms with van der Waals surface area (Å²) in [6.45, 7) is 2.11. The Kier molecular flexibility index (Phi) is 6.53. The first kappa shape index (κ1) is 20.2. The predicted molar refractivity (Wildman–Crippen MR) is 108 cm³/mol. The Hall–Kier alpha value is -2.58. The zero-order valence-corrected chi connectivity index (χ0v) is 16.9. The minimum absolute atomic E-state index is 0.0367. The van der Waals surface area contributed by atoms with Gasteiger partial charge in [-0.25, -0.2) is 13.4 Å². The zero-order valence-electron chi connectivity index (χ0n) is 15.3. The number of nitrogens with zero attached hydrogens (tertiary/aromatic N) is 1. The van der Waals surface area contributed by atoms with Crippen molar-refractivity contribution in [1.29, 1.82) is 0 Å². The second kappa shape index (κ2) is 9.07. The number of furan rings is 1. The molecule has 2 aromatic heterocycles. The molecule has 1 N–H and O–H groups in total. The maximum Gasteiger partial charge on any atom is 0.254 e. The average molecular weight is 417 g/mol. The van der Waals surface area contributed by atoms with Crippen LogP contribution >= 0.6 is 11.8 Å². The second-order valence-electron chi connectivity index (χ2n) is 6.03. The van der Waals surface area contributed by atoms with Crippen molar-refractivity contribution in [3.05, 3.63) is 77.9 Å². The number of aromatic nitrogens is 1. The molecule has 28 heavy (non-hydrogen) atoms. The van der Waals surface area contributed by atoms with Crippen LogP contribution < -0.4 is 5.32 Å². The molecular weight excluding hydrogens is 396 g/mol. The first-order chi connectivity index (χ1) is 13.5. The number of carbonyl (C=O) groups excluding carboxylic acids is 1. The van der Waals surface area contributed by atoms with E-state index in [-0.39, 0.29) is 18.2 Å². The van der Waals surface area contributed by atoms with E-state index in [2.05, 4.69) is 10.3 Å². The van der Waals surface area contributed by atoms with E-state index in [4.69, 9.17) is 4.42 Å². The molecule has 0 aliphatic carbocycles. The SMILES string of the molecule is Cc1ccc(CNC(=O)c2cccnc2SCCS(=O)(=O)c2ccccc2)o1. The highest BCUT2D eigenvalue weighted by molar-refractivity contribution is 8.00. The molecule has 0 aliphatic rings. The van der Waals surface area contributed by atoms with Crippen molar-refractivity contribution in [3.63, 3.8) is 0 Å². The standard InChI is InChI=1S/C20H20N2O4S2/c1-15-9-10-16(26-15)14-22-19(23)18-8-5-11-21-20(18)27-12-13-28(24,25)17-6-3-2-4-7-17/h2-11H,12-14H2,1H3,(H,22,23). The van der Waals surface area contributed by atoms with Crippen LogP contribution in [0.3, 0.4) is 0 Å². The van der Waals surface area contributed by atoms with Crippen LogP contribution in [-0.2, 0) is 16.4 Å². The summed E-state index contributed by atoms with van der Waals surface area (Å²) in [5, 5.41) is 3.30. The molecule has 0 fully saturated rings. The van der Waals surface area contributed by atoms with Crippen molar-refractivity contribution in [2.45, 2.75) is 23.4 Å². The van der Waals surface area contributed by atoms with Crippen LogP contribution in [-0.4, -0.2) is 30.8 Å². The first-order valence-electron chi connectivity index (χ1n) is 8.65. The van der Waals surface area contributed by atoms with Crippen LogP contribution in [0.2, 0.25) is 0 Å². The lowest BCUT2D eigenvalue weighted by molar-refractivity contribution is 0.0944. The molecule has 0 unspecified atom stereocenters. The summed E-state index contributed by atoms with van der Waals surface area (Å²) in [5.41, 5.74) is 0.410. The van der Waals surface area contributed by atoms with Gasteiger partial charge >= 0.3 is 0 Å². The molecule has 3 aromatic rings. The molecule has 0 saturated carbocycles. The maximum absolute atomic E-state index is 12.5. The third kappa shape index (κ3) is 5.24. The third-order valence-electron chi connectivity index (χ3n) is 3.93. The number of sulfone groups is 1. The van der Waals surface area contributed by atoms with Gasteiger partial charge in [0.1, 0.15) is 16.5 Å². The van der Waals surface area contributed by atoms with Crippen molar-refractivity contribution < 1.29 is 17.6 Å². The number of thioether (sulfide) groups is 1. The highest BCUT2D eigenvalue weighted by atomic mass is 32.2. The summed E-state index contributed by atoms with van der Waals surface area (Å²) in [6.07, 6.45) is 1.58. The molecule has 8 heteroatoms. The fourth-order valence-electron chi connectivity index (χ4n) is 2.52. The highest BCUT2D eigenvalue weighted by Crippen LogP contribution is 2.22. The van der Waals surface area contributed by atoms with Crippen LogP contribution in [0.25, 0.3) is 0 Å². The first-order valence-corrected chi connectivity index (χ1v) is 11.3. The highest BCUT2D eigenvalue weighted by Gasteiger charge is 2.17. The monoisotopic (exact) mass is 416 g/mol. The number of aryl methyl sites for hydroxylation is 1. The Bertz CT molecular complexity index is 1050. The smallest absolute Gasteiger partial charge is 0.254 e. The van der Waals surface area contributed by atoms with Gasteiger partial charge < -0.3 is 9.73 Å². The van der Waals surface area contributed by atoms with Gasteiger partial charge in [-0.3, -0.25) is 4.79 Å². The molecule has 3 rings (SSSR count). The Morgan fingerprint density at radius 2 is 1.89 bits per heavy atom. The molecule has 1 aromatic carbocycles. The summed E-state index contributed by atoms with van der Waals surface area (Å²) in [5.74, 6) is 1.42. The largest absolute Gasteiger partial charge is 0.465 e. The van der Waals surface area contributed by atoms with Gasteiger partial charge in [0.05, 0.1) is 22.8 Å². The van der Waals surface area contributed by atoms with E-state index in [0.717, 1.165) is 5.76 Å². The lowest BCUT2D eigenvalue weighted by atomic mass is 10.2. The van der Waals surface area contributed by atoms with Crippen molar-refractivity contribution in [3.8, 4) is 0 Å². The van der Waals surface area contributed by atoms with Crippen molar-refractivity contribution >= 4 is 27.5 Å². The van der Waals surface area contributed by atoms with Gasteiger partial charge in [-0.1, -0.05) is 18.2 Å². The summed E-state index contributed by atoms with van der Waals surface area (Å²) in [7, 11) is -3.37. The number of hydrogen-bond donors (Lipinski definition) is 1. The molecule has 1 amide bonds. The van der Waals surface area contributed by atoms with E-state index >= 15 is 0 Å². The molecule has 146 valence electrons. The normalized spacial score (nSPS) is 11.3. The fraction of sp³-hybridized carbons (Fsp3) is 0.200. The molecule has 0 aliphatic heterocycles. The Balaban J connectivity index is 1.61. The van der Waals surface area contributed by atoms with E-state index in [9.17, 15) is 13.2 Å². The third-order valence-corrected chi connectivity index (χ3v) is 6.93. The lowest BCUT2D eigenvalue weighted by Gasteiger charge is -2.09. The van der Waals surface area contributed by atoms with E-state index in [1.54, 1.807) is 48.7 Å². The molecule has 0 bridgehead atoms. The van der Waals surface area contributed by atoms with Gasteiger partial charge in [-0.2, -0.15) is 0 Å². The Morgan fingerprint density at radius 1 is 1.11 bits per heavy atom. The number of benzene rings is 1. The van der Waals surface area contributed by atoms with Crippen LogP contribution in [0.5, 0.6) is 0 Å².